The number of benzene rings is 1. The molecule has 4 heteroatoms. The van der Waals surface area contributed by atoms with Crippen LogP contribution in [0.2, 0.25) is 0 Å². The van der Waals surface area contributed by atoms with Gasteiger partial charge in [-0.1, -0.05) is 34.5 Å². The number of hydrogen-bond donors (Lipinski definition) is 1. The Morgan fingerprint density at radius 2 is 2.05 bits per heavy atom. The molecule has 0 fully saturated rings. The maximum Gasteiger partial charge on any atom is 0.140 e. The van der Waals surface area contributed by atoms with Crippen molar-refractivity contribution >= 4 is 37.9 Å². The van der Waals surface area contributed by atoms with Gasteiger partial charge in [0.25, 0.3) is 0 Å². The van der Waals surface area contributed by atoms with Crippen molar-refractivity contribution in [2.45, 2.75) is 33.7 Å². The number of likely N-dealkylation sites (N-methyl/N-ethyl adjacent to an activating group) is 1. The highest BCUT2D eigenvalue weighted by Gasteiger charge is 2.10. The van der Waals surface area contributed by atoms with Crippen molar-refractivity contribution in [2.24, 2.45) is 0 Å². The molecule has 0 heterocycles. The lowest BCUT2D eigenvalue weighted by Crippen LogP contribution is -2.26. The minimum absolute atomic E-state index is 0.359. The summed E-state index contributed by atoms with van der Waals surface area (Å²) < 4.78 is 7.74. The largest absolute Gasteiger partial charge is 0.492 e. The Bertz CT molecular complexity index is 458. The Morgan fingerprint density at radius 3 is 2.63 bits per heavy atom. The number of hydrogen-bond acceptors (Lipinski definition) is 2. The highest BCUT2D eigenvalue weighted by molar-refractivity contribution is 9.11. The first-order chi connectivity index (χ1) is 8.99. The molecule has 0 bridgehead atoms. The highest BCUT2D eigenvalue weighted by Crippen LogP contribution is 2.34. The van der Waals surface area contributed by atoms with Crippen molar-refractivity contribution in [3.05, 3.63) is 32.2 Å². The Labute approximate surface area is 132 Å². The van der Waals surface area contributed by atoms with Gasteiger partial charge in [0.05, 0.1) is 11.1 Å². The number of ether oxygens (including phenoxy) is 1. The van der Waals surface area contributed by atoms with Gasteiger partial charge in [-0.2, -0.15) is 0 Å². The van der Waals surface area contributed by atoms with Crippen LogP contribution in [0.5, 0.6) is 5.75 Å². The van der Waals surface area contributed by atoms with E-state index < -0.39 is 0 Å². The van der Waals surface area contributed by atoms with Gasteiger partial charge >= 0.3 is 0 Å². The summed E-state index contributed by atoms with van der Waals surface area (Å²) in [6.45, 7) is 10.0. The molecule has 0 aromatic heterocycles. The summed E-state index contributed by atoms with van der Waals surface area (Å²) in [5, 5.41) is 3.41. The molecule has 0 radical (unpaired) electrons. The maximum atomic E-state index is 5.73. The lowest BCUT2D eigenvalue weighted by Gasteiger charge is -2.15. The van der Waals surface area contributed by atoms with Crippen LogP contribution in [0.15, 0.2) is 26.7 Å². The van der Waals surface area contributed by atoms with E-state index in [9.17, 15) is 0 Å². The summed E-state index contributed by atoms with van der Waals surface area (Å²) in [4.78, 5) is 0. The van der Waals surface area contributed by atoms with Crippen LogP contribution in [0.4, 0.5) is 0 Å². The zero-order valence-corrected chi connectivity index (χ0v) is 15.1. The SMILES string of the molecule is CCNC(C)/C(C)=C/c1cc(Br)cc(Br)c1OCC. The van der Waals surface area contributed by atoms with Gasteiger partial charge in [0.2, 0.25) is 0 Å². The Morgan fingerprint density at radius 1 is 1.37 bits per heavy atom. The van der Waals surface area contributed by atoms with E-state index in [1.807, 2.05) is 13.0 Å². The molecule has 106 valence electrons. The first-order valence-electron chi connectivity index (χ1n) is 6.53. The molecule has 0 amide bonds. The predicted octanol–water partition coefficient (Wildman–Crippen LogP) is 5.01. The van der Waals surface area contributed by atoms with Crippen LogP contribution in [0.1, 0.15) is 33.3 Å². The lowest BCUT2D eigenvalue weighted by atomic mass is 10.1. The first kappa shape index (κ1) is 16.7. The van der Waals surface area contributed by atoms with Crippen molar-refractivity contribution in [3.8, 4) is 5.75 Å². The molecule has 1 aromatic rings. The van der Waals surface area contributed by atoms with Crippen LogP contribution in [0.25, 0.3) is 6.08 Å². The summed E-state index contributed by atoms with van der Waals surface area (Å²) in [6.07, 6.45) is 2.17. The van der Waals surface area contributed by atoms with Gasteiger partial charge in [-0.05, 0) is 55.4 Å². The van der Waals surface area contributed by atoms with Gasteiger partial charge in [0.1, 0.15) is 5.75 Å². The van der Waals surface area contributed by atoms with Crippen LogP contribution >= 0.6 is 31.9 Å². The molecular formula is C15H21Br2NO. The standard InChI is InChI=1S/C15H21Br2NO/c1-5-18-11(4)10(3)7-12-8-13(16)9-14(17)15(12)19-6-2/h7-9,11,18H,5-6H2,1-4H3/b10-7+. The van der Waals surface area contributed by atoms with Crippen molar-refractivity contribution in [1.82, 2.24) is 5.32 Å². The summed E-state index contributed by atoms with van der Waals surface area (Å²) >= 11 is 7.08. The van der Waals surface area contributed by atoms with Crippen molar-refractivity contribution in [1.29, 1.82) is 0 Å². The fraction of sp³-hybridized carbons (Fsp3) is 0.467. The summed E-state index contributed by atoms with van der Waals surface area (Å²) in [7, 11) is 0. The molecule has 0 saturated carbocycles. The van der Waals surface area contributed by atoms with E-state index in [4.69, 9.17) is 4.74 Å². The third-order valence-electron chi connectivity index (χ3n) is 2.90. The molecule has 0 aliphatic carbocycles. The molecule has 19 heavy (non-hydrogen) atoms. The molecular weight excluding hydrogens is 370 g/mol. The van der Waals surface area contributed by atoms with E-state index in [0.717, 1.165) is 26.8 Å². The van der Waals surface area contributed by atoms with Gasteiger partial charge in [-0.3, -0.25) is 0 Å². The van der Waals surface area contributed by atoms with Gasteiger partial charge in [-0.25, -0.2) is 0 Å². The van der Waals surface area contributed by atoms with Gasteiger partial charge in [0, 0.05) is 16.1 Å². The predicted molar refractivity (Wildman–Crippen MR) is 89.8 cm³/mol. The molecule has 1 rings (SSSR count). The van der Waals surface area contributed by atoms with Gasteiger partial charge < -0.3 is 10.1 Å². The van der Waals surface area contributed by atoms with Crippen LogP contribution < -0.4 is 10.1 Å². The third kappa shape index (κ3) is 4.93. The van der Waals surface area contributed by atoms with Gasteiger partial charge in [-0.15, -0.1) is 0 Å². The topological polar surface area (TPSA) is 21.3 Å². The van der Waals surface area contributed by atoms with Crippen LogP contribution in [0.3, 0.4) is 0 Å². The maximum absolute atomic E-state index is 5.73. The van der Waals surface area contributed by atoms with Gasteiger partial charge in [0.15, 0.2) is 0 Å². The van der Waals surface area contributed by atoms with Crippen molar-refractivity contribution < 1.29 is 4.74 Å². The molecule has 0 spiro atoms. The van der Waals surface area contributed by atoms with Crippen LogP contribution in [-0.4, -0.2) is 19.2 Å². The Balaban J connectivity index is 3.14. The number of rotatable bonds is 6. The molecule has 0 aliphatic heterocycles. The molecule has 1 atom stereocenters. The van der Waals surface area contributed by atoms with E-state index in [2.05, 4.69) is 70.1 Å². The normalized spacial score (nSPS) is 13.5. The smallest absolute Gasteiger partial charge is 0.140 e. The van der Waals surface area contributed by atoms with E-state index in [1.54, 1.807) is 0 Å². The quantitative estimate of drug-likeness (QED) is 0.736. The lowest BCUT2D eigenvalue weighted by molar-refractivity contribution is 0.337. The average molecular weight is 391 g/mol. The first-order valence-corrected chi connectivity index (χ1v) is 8.11. The molecule has 2 nitrogen and oxygen atoms in total. The van der Waals surface area contributed by atoms with E-state index in [1.165, 1.54) is 5.57 Å². The zero-order valence-electron chi connectivity index (χ0n) is 11.9. The van der Waals surface area contributed by atoms with E-state index in [0.29, 0.717) is 12.6 Å². The van der Waals surface area contributed by atoms with Crippen LogP contribution in [-0.2, 0) is 0 Å². The minimum Gasteiger partial charge on any atom is -0.492 e. The molecule has 0 saturated heterocycles. The summed E-state index contributed by atoms with van der Waals surface area (Å²) in [6, 6.07) is 4.45. The summed E-state index contributed by atoms with van der Waals surface area (Å²) in [5.74, 6) is 0.897. The Hall–Kier alpha value is -0.320. The molecule has 1 unspecified atom stereocenters. The monoisotopic (exact) mass is 389 g/mol. The molecule has 0 aliphatic rings. The molecule has 1 N–H and O–H groups in total. The van der Waals surface area contributed by atoms with E-state index >= 15 is 0 Å². The number of halogens is 2. The van der Waals surface area contributed by atoms with Crippen LogP contribution in [0, 0.1) is 0 Å². The highest BCUT2D eigenvalue weighted by atomic mass is 79.9. The summed E-state index contributed by atoms with van der Waals surface area (Å²) in [5.41, 5.74) is 2.37. The van der Waals surface area contributed by atoms with E-state index in [-0.39, 0.29) is 0 Å². The fourth-order valence-corrected chi connectivity index (χ4v) is 3.19. The Kier molecular flexibility index (Phi) is 7.11. The zero-order chi connectivity index (χ0) is 14.4. The second kappa shape index (κ2) is 8.08. The number of nitrogens with one attached hydrogen (secondary N) is 1. The fourth-order valence-electron chi connectivity index (χ4n) is 1.82. The molecule has 1 aromatic carbocycles. The second-order valence-corrected chi connectivity index (χ2v) is 6.18. The average Bonchev–Trinajstić information content (AvgIpc) is 2.33. The van der Waals surface area contributed by atoms with Crippen molar-refractivity contribution in [2.75, 3.05) is 13.2 Å². The minimum atomic E-state index is 0.359. The third-order valence-corrected chi connectivity index (χ3v) is 3.95. The second-order valence-electron chi connectivity index (χ2n) is 4.41. The van der Waals surface area contributed by atoms with Crippen molar-refractivity contribution in [3.63, 3.8) is 0 Å².